The van der Waals surface area contributed by atoms with Crippen LogP contribution < -0.4 is 10.2 Å². The summed E-state index contributed by atoms with van der Waals surface area (Å²) in [7, 11) is 5.28. The van der Waals surface area contributed by atoms with Gasteiger partial charge in [-0.1, -0.05) is 0 Å². The fraction of sp³-hybridized carbons (Fsp3) is 0.750. The van der Waals surface area contributed by atoms with Gasteiger partial charge in [0.1, 0.15) is 0 Å². The van der Waals surface area contributed by atoms with E-state index in [1.54, 1.807) is 6.26 Å². The van der Waals surface area contributed by atoms with Gasteiger partial charge >= 0.3 is 0 Å². The molecular weight excluding hydrogens is 248 g/mol. The van der Waals surface area contributed by atoms with Crippen LogP contribution in [0.4, 0.5) is 5.95 Å². The largest absolute Gasteiger partial charge is 0.348 e. The predicted molar refractivity (Wildman–Crippen MR) is 77.4 cm³/mol. The molecule has 0 saturated heterocycles. The zero-order valence-electron chi connectivity index (χ0n) is 11.9. The van der Waals surface area contributed by atoms with E-state index in [1.807, 2.05) is 32.2 Å². The van der Waals surface area contributed by atoms with Crippen LogP contribution in [0, 0.1) is 0 Å². The third-order valence-corrected chi connectivity index (χ3v) is 3.74. The Labute approximate surface area is 112 Å². The lowest BCUT2D eigenvalue weighted by Gasteiger charge is -2.15. The normalized spacial score (nSPS) is 14.5. The fourth-order valence-corrected chi connectivity index (χ4v) is 2.42. The minimum atomic E-state index is -0.705. The van der Waals surface area contributed by atoms with E-state index < -0.39 is 10.8 Å². The van der Waals surface area contributed by atoms with Crippen LogP contribution in [0.25, 0.3) is 0 Å². The topological polar surface area (TPSA) is 50.2 Å². The number of hydrogen-bond donors (Lipinski definition) is 1. The van der Waals surface area contributed by atoms with Gasteiger partial charge in [0.25, 0.3) is 0 Å². The molecule has 1 aromatic rings. The molecule has 0 fully saturated rings. The summed E-state index contributed by atoms with van der Waals surface area (Å²) < 4.78 is 13.1. The maximum absolute atomic E-state index is 11.0. The number of anilines is 1. The van der Waals surface area contributed by atoms with Gasteiger partial charge in [-0.3, -0.25) is 4.21 Å². The second-order valence-corrected chi connectivity index (χ2v) is 6.41. The van der Waals surface area contributed by atoms with Crippen molar-refractivity contribution in [3.63, 3.8) is 0 Å². The molecule has 18 heavy (non-hydrogen) atoms. The van der Waals surface area contributed by atoms with Crippen LogP contribution >= 0.6 is 0 Å². The summed E-state index contributed by atoms with van der Waals surface area (Å²) in [6.07, 6.45) is 4.58. The smallest absolute Gasteiger partial charge is 0.204 e. The highest BCUT2D eigenvalue weighted by atomic mass is 32.2. The minimum Gasteiger partial charge on any atom is -0.348 e. The first-order chi connectivity index (χ1) is 8.41. The maximum Gasteiger partial charge on any atom is 0.204 e. The van der Waals surface area contributed by atoms with Crippen molar-refractivity contribution in [2.75, 3.05) is 31.0 Å². The second-order valence-electron chi connectivity index (χ2n) is 4.85. The molecule has 0 aromatic carbocycles. The molecule has 2 atom stereocenters. The molecule has 0 bridgehead atoms. The number of rotatable bonds is 7. The first kappa shape index (κ1) is 15.2. The van der Waals surface area contributed by atoms with Crippen molar-refractivity contribution in [2.24, 2.45) is 7.05 Å². The van der Waals surface area contributed by atoms with Gasteiger partial charge in [-0.05, 0) is 13.3 Å². The van der Waals surface area contributed by atoms with Crippen LogP contribution in [-0.4, -0.2) is 45.9 Å². The van der Waals surface area contributed by atoms with Crippen molar-refractivity contribution in [1.29, 1.82) is 0 Å². The second kappa shape index (κ2) is 6.89. The Balaban J connectivity index is 2.46. The van der Waals surface area contributed by atoms with Gasteiger partial charge in [0.05, 0.1) is 11.9 Å². The summed E-state index contributed by atoms with van der Waals surface area (Å²) in [5.74, 6) is 1.71. The van der Waals surface area contributed by atoms with Crippen LogP contribution in [0.15, 0.2) is 6.20 Å². The van der Waals surface area contributed by atoms with E-state index in [-0.39, 0.29) is 0 Å². The molecule has 1 aromatic heterocycles. The van der Waals surface area contributed by atoms with Gasteiger partial charge in [-0.15, -0.1) is 0 Å². The van der Waals surface area contributed by atoms with E-state index in [4.69, 9.17) is 0 Å². The molecule has 0 aliphatic carbocycles. The van der Waals surface area contributed by atoms with Crippen molar-refractivity contribution in [2.45, 2.75) is 25.9 Å². The molecule has 6 heteroatoms. The fourth-order valence-electron chi connectivity index (χ4n) is 1.74. The van der Waals surface area contributed by atoms with Gasteiger partial charge in [0, 0.05) is 56.5 Å². The third-order valence-electron chi connectivity index (χ3n) is 2.93. The molecule has 0 aliphatic heterocycles. The molecule has 2 unspecified atom stereocenters. The summed E-state index contributed by atoms with van der Waals surface area (Å²) in [4.78, 5) is 6.36. The number of nitrogens with one attached hydrogen (secondary N) is 1. The van der Waals surface area contributed by atoms with Crippen molar-refractivity contribution in [3.05, 3.63) is 11.9 Å². The summed E-state index contributed by atoms with van der Waals surface area (Å²) in [6.45, 7) is 2.91. The van der Waals surface area contributed by atoms with Gasteiger partial charge in [-0.2, -0.15) is 0 Å². The first-order valence-electron chi connectivity index (χ1n) is 6.13. The minimum absolute atomic E-state index is 0.367. The summed E-state index contributed by atoms with van der Waals surface area (Å²) >= 11 is 0. The van der Waals surface area contributed by atoms with Crippen molar-refractivity contribution in [3.8, 4) is 0 Å². The van der Waals surface area contributed by atoms with E-state index in [0.29, 0.717) is 6.04 Å². The van der Waals surface area contributed by atoms with Crippen LogP contribution in [-0.2, 0) is 24.4 Å². The molecule has 0 saturated carbocycles. The SMILES string of the molecule is CC(CCS(C)=O)NCc1cnc(N(C)C)n1C. The summed E-state index contributed by atoms with van der Waals surface area (Å²) in [6, 6.07) is 0.367. The zero-order chi connectivity index (χ0) is 13.7. The van der Waals surface area contributed by atoms with Crippen LogP contribution in [0.2, 0.25) is 0 Å². The summed E-state index contributed by atoms with van der Waals surface area (Å²) in [5, 5.41) is 3.43. The first-order valence-corrected chi connectivity index (χ1v) is 7.86. The van der Waals surface area contributed by atoms with Gasteiger partial charge in [-0.25, -0.2) is 4.98 Å². The quantitative estimate of drug-likeness (QED) is 0.795. The Morgan fingerprint density at radius 2 is 2.22 bits per heavy atom. The lowest BCUT2D eigenvalue weighted by molar-refractivity contribution is 0.523. The zero-order valence-corrected chi connectivity index (χ0v) is 12.8. The lowest BCUT2D eigenvalue weighted by atomic mass is 10.2. The highest BCUT2D eigenvalue weighted by molar-refractivity contribution is 7.84. The highest BCUT2D eigenvalue weighted by Crippen LogP contribution is 2.10. The lowest BCUT2D eigenvalue weighted by Crippen LogP contribution is -2.28. The molecule has 5 nitrogen and oxygen atoms in total. The molecular formula is C12H24N4OS. The molecule has 0 aliphatic rings. The van der Waals surface area contributed by atoms with E-state index in [2.05, 4.69) is 21.8 Å². The molecule has 0 amide bonds. The Morgan fingerprint density at radius 1 is 1.56 bits per heavy atom. The van der Waals surface area contributed by atoms with Crippen LogP contribution in [0.5, 0.6) is 0 Å². The molecule has 1 N–H and O–H groups in total. The van der Waals surface area contributed by atoms with Crippen molar-refractivity contribution >= 4 is 16.7 Å². The molecule has 104 valence electrons. The molecule has 0 spiro atoms. The van der Waals surface area contributed by atoms with Crippen LogP contribution in [0.3, 0.4) is 0 Å². The Hall–Kier alpha value is -0.880. The van der Waals surface area contributed by atoms with Crippen molar-refractivity contribution < 1.29 is 4.21 Å². The molecule has 1 heterocycles. The third kappa shape index (κ3) is 4.42. The number of imidazole rings is 1. The number of nitrogens with zero attached hydrogens (tertiary/aromatic N) is 3. The maximum atomic E-state index is 11.0. The van der Waals surface area contributed by atoms with Gasteiger partial charge in [0.2, 0.25) is 5.95 Å². The average molecular weight is 272 g/mol. The molecule has 1 rings (SSSR count). The number of aromatic nitrogens is 2. The number of hydrogen-bond acceptors (Lipinski definition) is 4. The Kier molecular flexibility index (Phi) is 5.81. The Bertz CT molecular complexity index is 403. The van der Waals surface area contributed by atoms with E-state index in [9.17, 15) is 4.21 Å². The van der Waals surface area contributed by atoms with Gasteiger partial charge in [0.15, 0.2) is 0 Å². The van der Waals surface area contributed by atoms with E-state index >= 15 is 0 Å². The standard InChI is InChI=1S/C12H24N4OS/c1-10(6-7-18(5)17)13-8-11-9-14-12(15(2)3)16(11)4/h9-10,13H,6-8H2,1-5H3. The van der Waals surface area contributed by atoms with Gasteiger partial charge < -0.3 is 14.8 Å². The molecule has 0 radical (unpaired) electrons. The highest BCUT2D eigenvalue weighted by Gasteiger charge is 2.09. The summed E-state index contributed by atoms with van der Waals surface area (Å²) in [5.41, 5.74) is 1.16. The van der Waals surface area contributed by atoms with Crippen LogP contribution in [0.1, 0.15) is 19.0 Å². The predicted octanol–water partition coefficient (Wildman–Crippen LogP) is 0.733. The van der Waals surface area contributed by atoms with Crippen molar-refractivity contribution in [1.82, 2.24) is 14.9 Å². The van der Waals surface area contributed by atoms with E-state index in [1.165, 1.54) is 0 Å². The Morgan fingerprint density at radius 3 is 2.72 bits per heavy atom. The monoisotopic (exact) mass is 272 g/mol. The average Bonchev–Trinajstić information content (AvgIpc) is 2.65. The van der Waals surface area contributed by atoms with E-state index in [0.717, 1.165) is 30.4 Å².